The van der Waals surface area contributed by atoms with Gasteiger partial charge in [0.1, 0.15) is 5.84 Å². The van der Waals surface area contributed by atoms with Crippen LogP contribution in [0.25, 0.3) is 0 Å². The smallest absolute Gasteiger partial charge is 0.106 e. The number of aliphatic imine (C=N–C) groups is 1. The first-order valence-electron chi connectivity index (χ1n) is 4.40. The monoisotopic (exact) mass is 172 g/mol. The van der Waals surface area contributed by atoms with Gasteiger partial charge in [-0.1, -0.05) is 36.4 Å². The second-order valence-corrected chi connectivity index (χ2v) is 3.19. The summed E-state index contributed by atoms with van der Waals surface area (Å²) in [5.74, 6) is 1.02. The zero-order chi connectivity index (χ0) is 9.10. The molecule has 0 saturated heterocycles. The Morgan fingerprint density at radius 2 is 2.00 bits per heavy atom. The predicted molar refractivity (Wildman–Crippen MR) is 54.4 cm³/mol. The number of rotatable bonds is 2. The number of hydrogen-bond donors (Lipinski definition) is 1. The van der Waals surface area contributed by atoms with E-state index in [-0.39, 0.29) is 0 Å². The second kappa shape index (κ2) is 3.44. The lowest BCUT2D eigenvalue weighted by Crippen LogP contribution is -2.21. The Balaban J connectivity index is 2.07. The molecule has 2 nitrogen and oxygen atoms in total. The summed E-state index contributed by atoms with van der Waals surface area (Å²) < 4.78 is 0. The van der Waals surface area contributed by atoms with Crippen molar-refractivity contribution in [3.63, 3.8) is 0 Å². The molecule has 0 amide bonds. The van der Waals surface area contributed by atoms with Crippen molar-refractivity contribution in [2.75, 3.05) is 0 Å². The highest BCUT2D eigenvalue weighted by molar-refractivity contribution is 5.87. The normalized spacial score (nSPS) is 20.3. The minimum atomic E-state index is 0.294. The van der Waals surface area contributed by atoms with Crippen LogP contribution < -0.4 is 5.73 Å². The highest BCUT2D eigenvalue weighted by atomic mass is 14.9. The first-order valence-corrected chi connectivity index (χ1v) is 4.40. The fourth-order valence-electron chi connectivity index (χ4n) is 1.47. The topological polar surface area (TPSA) is 38.4 Å². The third kappa shape index (κ3) is 1.78. The average molecular weight is 172 g/mol. The molecular weight excluding hydrogens is 160 g/mol. The fraction of sp³-hybridized carbons (Fsp3) is 0.182. The van der Waals surface area contributed by atoms with Crippen molar-refractivity contribution in [2.45, 2.75) is 6.42 Å². The Hall–Kier alpha value is -1.57. The molecule has 0 aliphatic carbocycles. The molecule has 2 heteroatoms. The zero-order valence-corrected chi connectivity index (χ0v) is 7.35. The Morgan fingerprint density at radius 3 is 2.62 bits per heavy atom. The molecule has 1 aromatic carbocycles. The molecule has 0 fully saturated rings. The molecule has 2 N–H and O–H groups in total. The zero-order valence-electron chi connectivity index (χ0n) is 7.35. The van der Waals surface area contributed by atoms with E-state index < -0.39 is 0 Å². The SMILES string of the molecule is NC1=NC=CC1Cc1ccccc1. The van der Waals surface area contributed by atoms with Gasteiger partial charge in [-0.15, -0.1) is 0 Å². The van der Waals surface area contributed by atoms with E-state index in [0.717, 1.165) is 12.3 Å². The van der Waals surface area contributed by atoms with Crippen molar-refractivity contribution in [1.29, 1.82) is 0 Å². The maximum atomic E-state index is 5.71. The fourth-order valence-corrected chi connectivity index (χ4v) is 1.47. The molecule has 0 spiro atoms. The van der Waals surface area contributed by atoms with Gasteiger partial charge in [-0.2, -0.15) is 0 Å². The largest absolute Gasteiger partial charge is 0.387 e. The van der Waals surface area contributed by atoms with Crippen LogP contribution in [0.1, 0.15) is 5.56 Å². The van der Waals surface area contributed by atoms with Crippen molar-refractivity contribution in [3.05, 3.63) is 48.2 Å². The van der Waals surface area contributed by atoms with Crippen LogP contribution in [-0.4, -0.2) is 5.84 Å². The van der Waals surface area contributed by atoms with Gasteiger partial charge in [-0.3, -0.25) is 0 Å². The number of nitrogens with zero attached hydrogens (tertiary/aromatic N) is 1. The van der Waals surface area contributed by atoms with Gasteiger partial charge in [-0.05, 0) is 12.0 Å². The summed E-state index contributed by atoms with van der Waals surface area (Å²) in [5.41, 5.74) is 7.02. The Bertz CT molecular complexity index is 338. The van der Waals surface area contributed by atoms with Crippen LogP contribution in [0.2, 0.25) is 0 Å². The molecule has 0 bridgehead atoms. The molecule has 0 saturated carbocycles. The molecule has 1 atom stereocenters. The van der Waals surface area contributed by atoms with Crippen LogP contribution in [0.4, 0.5) is 0 Å². The van der Waals surface area contributed by atoms with E-state index in [9.17, 15) is 0 Å². The van der Waals surface area contributed by atoms with E-state index in [4.69, 9.17) is 5.73 Å². The molecule has 1 aromatic rings. The summed E-state index contributed by atoms with van der Waals surface area (Å²) >= 11 is 0. The standard InChI is InChI=1S/C11H12N2/c12-11-10(6-7-13-11)8-9-4-2-1-3-5-9/h1-7,10H,8H2,(H2,12,13). The van der Waals surface area contributed by atoms with Gasteiger partial charge >= 0.3 is 0 Å². The van der Waals surface area contributed by atoms with Gasteiger partial charge in [0.15, 0.2) is 0 Å². The maximum absolute atomic E-state index is 5.71. The molecule has 1 unspecified atom stereocenters. The Kier molecular flexibility index (Phi) is 2.13. The van der Waals surface area contributed by atoms with Crippen LogP contribution in [-0.2, 0) is 6.42 Å². The van der Waals surface area contributed by atoms with Crippen molar-refractivity contribution in [1.82, 2.24) is 0 Å². The summed E-state index contributed by atoms with van der Waals surface area (Å²) in [5, 5.41) is 0. The van der Waals surface area contributed by atoms with Crippen LogP contribution in [0.3, 0.4) is 0 Å². The quantitative estimate of drug-likeness (QED) is 0.724. The number of nitrogens with two attached hydrogens (primary N) is 1. The molecule has 2 rings (SSSR count). The Labute approximate surface area is 77.8 Å². The average Bonchev–Trinajstić information content (AvgIpc) is 2.54. The van der Waals surface area contributed by atoms with E-state index in [0.29, 0.717) is 5.92 Å². The Morgan fingerprint density at radius 1 is 1.23 bits per heavy atom. The molecule has 13 heavy (non-hydrogen) atoms. The van der Waals surface area contributed by atoms with Crippen LogP contribution in [0.15, 0.2) is 47.6 Å². The lowest BCUT2D eigenvalue weighted by Gasteiger charge is -2.07. The van der Waals surface area contributed by atoms with Crippen LogP contribution in [0.5, 0.6) is 0 Å². The van der Waals surface area contributed by atoms with Gasteiger partial charge in [0.25, 0.3) is 0 Å². The lowest BCUT2D eigenvalue weighted by molar-refractivity contribution is 0.855. The lowest BCUT2D eigenvalue weighted by atomic mass is 9.99. The van der Waals surface area contributed by atoms with E-state index in [2.05, 4.69) is 17.1 Å². The molecule has 0 radical (unpaired) electrons. The highest BCUT2D eigenvalue weighted by Crippen LogP contribution is 2.14. The number of benzene rings is 1. The number of amidine groups is 1. The van der Waals surface area contributed by atoms with Gasteiger partial charge in [-0.25, -0.2) is 4.99 Å². The summed E-state index contributed by atoms with van der Waals surface area (Å²) in [7, 11) is 0. The molecule has 0 aromatic heterocycles. The van der Waals surface area contributed by atoms with Gasteiger partial charge in [0, 0.05) is 12.1 Å². The molecule has 1 heterocycles. The van der Waals surface area contributed by atoms with Gasteiger partial charge in [0.2, 0.25) is 0 Å². The van der Waals surface area contributed by atoms with Gasteiger partial charge < -0.3 is 5.73 Å². The first-order chi connectivity index (χ1) is 6.36. The summed E-state index contributed by atoms with van der Waals surface area (Å²) in [6, 6.07) is 10.3. The van der Waals surface area contributed by atoms with Crippen molar-refractivity contribution in [3.8, 4) is 0 Å². The highest BCUT2D eigenvalue weighted by Gasteiger charge is 2.13. The minimum Gasteiger partial charge on any atom is -0.387 e. The van der Waals surface area contributed by atoms with Crippen molar-refractivity contribution >= 4 is 5.84 Å². The summed E-state index contributed by atoms with van der Waals surface area (Å²) in [4.78, 5) is 4.03. The summed E-state index contributed by atoms with van der Waals surface area (Å²) in [6.45, 7) is 0. The summed E-state index contributed by atoms with van der Waals surface area (Å²) in [6.07, 6.45) is 4.78. The maximum Gasteiger partial charge on any atom is 0.106 e. The number of hydrogen-bond acceptors (Lipinski definition) is 2. The van der Waals surface area contributed by atoms with E-state index in [1.54, 1.807) is 6.20 Å². The van der Waals surface area contributed by atoms with Crippen LogP contribution >= 0.6 is 0 Å². The third-order valence-electron chi connectivity index (χ3n) is 2.22. The molecular formula is C11H12N2. The van der Waals surface area contributed by atoms with E-state index >= 15 is 0 Å². The molecule has 1 aliphatic heterocycles. The first kappa shape index (κ1) is 8.05. The predicted octanol–water partition coefficient (Wildman–Crippen LogP) is 1.73. The minimum absolute atomic E-state index is 0.294. The van der Waals surface area contributed by atoms with E-state index in [1.807, 2.05) is 24.3 Å². The second-order valence-electron chi connectivity index (χ2n) is 3.19. The van der Waals surface area contributed by atoms with E-state index in [1.165, 1.54) is 5.56 Å². The third-order valence-corrected chi connectivity index (χ3v) is 2.22. The molecule has 1 aliphatic rings. The van der Waals surface area contributed by atoms with Crippen LogP contribution in [0, 0.1) is 5.92 Å². The molecule has 66 valence electrons. The van der Waals surface area contributed by atoms with Crippen molar-refractivity contribution in [2.24, 2.45) is 16.6 Å². The van der Waals surface area contributed by atoms with Crippen molar-refractivity contribution < 1.29 is 0 Å². The van der Waals surface area contributed by atoms with Gasteiger partial charge in [0.05, 0.1) is 0 Å².